The minimum atomic E-state index is -4.56. The second-order valence-electron chi connectivity index (χ2n) is 3.53. The maximum absolute atomic E-state index is 12.6. The monoisotopic (exact) mass is 257 g/mol. The van der Waals surface area contributed by atoms with Crippen LogP contribution in [0.5, 0.6) is 0 Å². The summed E-state index contributed by atoms with van der Waals surface area (Å²) < 4.78 is 39.3. The van der Waals surface area contributed by atoms with E-state index in [1.54, 1.807) is 0 Å². The van der Waals surface area contributed by atoms with Crippen LogP contribution in [0.25, 0.3) is 5.82 Å². The van der Waals surface area contributed by atoms with Crippen molar-refractivity contribution in [2.75, 3.05) is 5.73 Å². The highest BCUT2D eigenvalue weighted by atomic mass is 19.4. The number of nitrogens with two attached hydrogens (primary N) is 1. The summed E-state index contributed by atoms with van der Waals surface area (Å²) in [5.41, 5.74) is 4.23. The summed E-state index contributed by atoms with van der Waals surface area (Å²) in [4.78, 5) is 11.0. The van der Waals surface area contributed by atoms with Crippen LogP contribution in [0.4, 0.5) is 19.1 Å². The van der Waals surface area contributed by atoms with Gasteiger partial charge in [-0.15, -0.1) is 0 Å². The molecule has 0 aliphatic carbocycles. The molecule has 0 aromatic carbocycles. The van der Waals surface area contributed by atoms with Gasteiger partial charge in [0.1, 0.15) is 11.6 Å². The highest BCUT2D eigenvalue weighted by molar-refractivity contribution is 5.34. The first kappa shape index (κ1) is 12.3. The van der Waals surface area contributed by atoms with E-state index < -0.39 is 17.8 Å². The van der Waals surface area contributed by atoms with Crippen molar-refractivity contribution in [1.29, 1.82) is 0 Å². The lowest BCUT2D eigenvalue weighted by Gasteiger charge is -2.10. The van der Waals surface area contributed by atoms with Crippen LogP contribution >= 0.6 is 0 Å². The number of nitrogens with zero attached hydrogens (tertiary/aromatic N) is 4. The molecule has 0 atom stereocenters. The lowest BCUT2D eigenvalue weighted by molar-refractivity contribution is -0.141. The SMILES string of the molecule is CCc1nccn1-c1cc(C(F)(F)F)nc(N)n1. The van der Waals surface area contributed by atoms with Gasteiger partial charge in [-0.1, -0.05) is 6.92 Å². The van der Waals surface area contributed by atoms with Crippen LogP contribution in [0.3, 0.4) is 0 Å². The standard InChI is InChI=1S/C10H10F3N5/c1-2-7-15-3-4-18(7)8-5-6(10(11,12)13)16-9(14)17-8/h3-5H,2H2,1H3,(H2,14,16,17). The van der Waals surface area contributed by atoms with Crippen molar-refractivity contribution in [2.45, 2.75) is 19.5 Å². The van der Waals surface area contributed by atoms with Gasteiger partial charge < -0.3 is 5.73 Å². The average molecular weight is 257 g/mol. The average Bonchev–Trinajstić information content (AvgIpc) is 2.74. The quantitative estimate of drug-likeness (QED) is 0.891. The minimum Gasteiger partial charge on any atom is -0.368 e. The smallest absolute Gasteiger partial charge is 0.368 e. The molecule has 0 saturated carbocycles. The molecule has 2 N–H and O–H groups in total. The molecule has 0 saturated heterocycles. The fourth-order valence-electron chi connectivity index (χ4n) is 1.53. The Morgan fingerprint density at radius 1 is 1.33 bits per heavy atom. The number of anilines is 1. The lowest BCUT2D eigenvalue weighted by Crippen LogP contribution is -2.13. The van der Waals surface area contributed by atoms with Crippen molar-refractivity contribution in [3.63, 3.8) is 0 Å². The predicted molar refractivity (Wildman–Crippen MR) is 57.9 cm³/mol. The van der Waals surface area contributed by atoms with Gasteiger partial charge in [-0.25, -0.2) is 9.97 Å². The molecule has 0 fully saturated rings. The molecule has 0 unspecified atom stereocenters. The molecule has 0 aliphatic heterocycles. The Hall–Kier alpha value is -2.12. The summed E-state index contributed by atoms with van der Waals surface area (Å²) >= 11 is 0. The van der Waals surface area contributed by atoms with E-state index in [0.29, 0.717) is 12.2 Å². The molecule has 2 rings (SSSR count). The van der Waals surface area contributed by atoms with Crippen LogP contribution in [0.15, 0.2) is 18.5 Å². The van der Waals surface area contributed by atoms with Gasteiger partial charge in [-0.3, -0.25) is 4.57 Å². The predicted octanol–water partition coefficient (Wildman–Crippen LogP) is 1.83. The Labute approximate surface area is 100 Å². The van der Waals surface area contributed by atoms with Crippen molar-refractivity contribution in [3.05, 3.63) is 30.0 Å². The zero-order chi connectivity index (χ0) is 13.3. The number of imidazole rings is 1. The number of aromatic nitrogens is 4. The van der Waals surface area contributed by atoms with Crippen LogP contribution < -0.4 is 5.73 Å². The summed E-state index contributed by atoms with van der Waals surface area (Å²) in [7, 11) is 0. The maximum atomic E-state index is 12.6. The summed E-state index contributed by atoms with van der Waals surface area (Å²) in [6, 6.07) is 0.844. The molecule has 18 heavy (non-hydrogen) atoms. The van der Waals surface area contributed by atoms with E-state index in [1.165, 1.54) is 17.0 Å². The molecule has 2 aromatic heterocycles. The number of halogens is 3. The molecule has 2 heterocycles. The van der Waals surface area contributed by atoms with Crippen molar-refractivity contribution in [1.82, 2.24) is 19.5 Å². The number of rotatable bonds is 2. The van der Waals surface area contributed by atoms with Crippen molar-refractivity contribution in [2.24, 2.45) is 0 Å². The second-order valence-corrected chi connectivity index (χ2v) is 3.53. The third kappa shape index (κ3) is 2.27. The molecular weight excluding hydrogens is 247 g/mol. The molecule has 0 spiro atoms. The largest absolute Gasteiger partial charge is 0.433 e. The van der Waals surface area contributed by atoms with E-state index in [0.717, 1.165) is 6.07 Å². The van der Waals surface area contributed by atoms with Gasteiger partial charge in [0.25, 0.3) is 0 Å². The zero-order valence-corrected chi connectivity index (χ0v) is 9.44. The number of hydrogen-bond acceptors (Lipinski definition) is 4. The van der Waals surface area contributed by atoms with E-state index >= 15 is 0 Å². The molecule has 0 bridgehead atoms. The maximum Gasteiger partial charge on any atom is 0.433 e. The highest BCUT2D eigenvalue weighted by Gasteiger charge is 2.33. The molecule has 5 nitrogen and oxygen atoms in total. The third-order valence-corrected chi connectivity index (χ3v) is 2.30. The lowest BCUT2D eigenvalue weighted by atomic mass is 10.3. The highest BCUT2D eigenvalue weighted by Crippen LogP contribution is 2.29. The Balaban J connectivity index is 2.56. The van der Waals surface area contributed by atoms with Gasteiger partial charge in [-0.05, 0) is 0 Å². The second kappa shape index (κ2) is 4.28. The van der Waals surface area contributed by atoms with Gasteiger partial charge in [0, 0.05) is 24.9 Å². The molecule has 2 aromatic rings. The van der Waals surface area contributed by atoms with E-state index in [4.69, 9.17) is 5.73 Å². The number of alkyl halides is 3. The van der Waals surface area contributed by atoms with E-state index in [2.05, 4.69) is 15.0 Å². The van der Waals surface area contributed by atoms with Crippen molar-refractivity contribution < 1.29 is 13.2 Å². The molecular formula is C10H10F3N5. The van der Waals surface area contributed by atoms with Crippen molar-refractivity contribution >= 4 is 5.95 Å². The molecule has 96 valence electrons. The van der Waals surface area contributed by atoms with Crippen LogP contribution in [0.2, 0.25) is 0 Å². The Morgan fingerprint density at radius 3 is 2.67 bits per heavy atom. The molecule has 0 radical (unpaired) electrons. The molecule has 0 aliphatic rings. The first-order valence-corrected chi connectivity index (χ1v) is 5.16. The number of aryl methyl sites for hydroxylation is 1. The van der Waals surface area contributed by atoms with Gasteiger partial charge in [0.15, 0.2) is 5.69 Å². The molecule has 8 heteroatoms. The topological polar surface area (TPSA) is 69.6 Å². The van der Waals surface area contributed by atoms with Gasteiger partial charge in [0.2, 0.25) is 5.95 Å². The van der Waals surface area contributed by atoms with E-state index in [-0.39, 0.29) is 5.82 Å². The summed E-state index contributed by atoms with van der Waals surface area (Å²) in [6.45, 7) is 1.84. The fourth-order valence-corrected chi connectivity index (χ4v) is 1.53. The minimum absolute atomic E-state index is 0.0594. The van der Waals surface area contributed by atoms with Gasteiger partial charge in [-0.2, -0.15) is 18.2 Å². The van der Waals surface area contributed by atoms with Crippen LogP contribution in [0.1, 0.15) is 18.4 Å². The Morgan fingerprint density at radius 2 is 2.06 bits per heavy atom. The fraction of sp³-hybridized carbons (Fsp3) is 0.300. The van der Waals surface area contributed by atoms with E-state index in [1.807, 2.05) is 6.92 Å². The van der Waals surface area contributed by atoms with Crippen LogP contribution in [-0.2, 0) is 12.6 Å². The zero-order valence-electron chi connectivity index (χ0n) is 9.44. The van der Waals surface area contributed by atoms with Crippen molar-refractivity contribution in [3.8, 4) is 5.82 Å². The van der Waals surface area contributed by atoms with Crippen LogP contribution in [0, 0.1) is 0 Å². The summed E-state index contributed by atoms with van der Waals surface area (Å²) in [5.74, 6) is 0.237. The first-order chi connectivity index (χ1) is 8.41. The van der Waals surface area contributed by atoms with Gasteiger partial charge >= 0.3 is 6.18 Å². The van der Waals surface area contributed by atoms with E-state index in [9.17, 15) is 13.2 Å². The van der Waals surface area contributed by atoms with Crippen LogP contribution in [-0.4, -0.2) is 19.5 Å². The Bertz CT molecular complexity index is 561. The molecule has 0 amide bonds. The summed E-state index contributed by atoms with van der Waals surface area (Å²) in [5, 5.41) is 0. The first-order valence-electron chi connectivity index (χ1n) is 5.16. The summed E-state index contributed by atoms with van der Waals surface area (Å²) in [6.07, 6.45) is -0.970. The normalized spacial score (nSPS) is 11.8. The number of hydrogen-bond donors (Lipinski definition) is 1. The van der Waals surface area contributed by atoms with Gasteiger partial charge in [0.05, 0.1) is 0 Å². The third-order valence-electron chi connectivity index (χ3n) is 2.30. The Kier molecular flexibility index (Phi) is 2.93. The number of nitrogen functional groups attached to an aromatic ring is 1.